The fourth-order valence-electron chi connectivity index (χ4n) is 3.66. The number of nitrogens with one attached hydrogen (secondary N) is 1. The molecule has 0 spiro atoms. The van der Waals surface area contributed by atoms with Crippen molar-refractivity contribution < 1.29 is 9.53 Å². The molecular formula is C19H26ClN5O3. The summed E-state index contributed by atoms with van der Waals surface area (Å²) in [5.74, 6) is 0.332. The number of hydrogen-bond donors (Lipinski definition) is 2. The maximum atomic E-state index is 12.8. The van der Waals surface area contributed by atoms with Crippen molar-refractivity contribution in [3.05, 3.63) is 46.6 Å². The number of hydrogen-bond acceptors (Lipinski definition) is 5. The molecule has 1 saturated carbocycles. The van der Waals surface area contributed by atoms with E-state index < -0.39 is 0 Å². The standard InChI is InChI=1S/C19H25N5O3.ClH/c1-27-17(25)11-4-13-2-7-15(8-3-13)23-12-22-24(19(23)26)16-9-5-14(6-10-16)18(20)21;/h5-6,9-10,12-13,15H,2-4,7-8,11H2,1H3,(H3,20,21);1H. The molecule has 3 N–H and O–H groups in total. The van der Waals surface area contributed by atoms with Crippen LogP contribution in [0.5, 0.6) is 0 Å². The molecule has 1 aromatic carbocycles. The van der Waals surface area contributed by atoms with E-state index in [4.69, 9.17) is 15.9 Å². The molecule has 1 aliphatic carbocycles. The van der Waals surface area contributed by atoms with Gasteiger partial charge in [0.1, 0.15) is 12.2 Å². The molecule has 9 heteroatoms. The number of halogens is 1. The van der Waals surface area contributed by atoms with E-state index in [1.165, 1.54) is 11.8 Å². The lowest BCUT2D eigenvalue weighted by atomic mass is 9.83. The molecule has 1 aromatic heterocycles. The van der Waals surface area contributed by atoms with Crippen molar-refractivity contribution in [1.29, 1.82) is 5.41 Å². The molecule has 1 heterocycles. The summed E-state index contributed by atoms with van der Waals surface area (Å²) in [6.45, 7) is 0. The van der Waals surface area contributed by atoms with Gasteiger partial charge in [-0.1, -0.05) is 0 Å². The normalized spacial score (nSPS) is 18.9. The Hall–Kier alpha value is -2.61. The van der Waals surface area contributed by atoms with Crippen molar-refractivity contribution in [2.75, 3.05) is 7.11 Å². The maximum absolute atomic E-state index is 12.8. The average molecular weight is 408 g/mol. The van der Waals surface area contributed by atoms with Crippen molar-refractivity contribution in [2.24, 2.45) is 11.7 Å². The number of carbonyl (C=O) groups excluding carboxylic acids is 1. The summed E-state index contributed by atoms with van der Waals surface area (Å²) in [5, 5.41) is 11.7. The summed E-state index contributed by atoms with van der Waals surface area (Å²) >= 11 is 0. The number of rotatable bonds is 6. The summed E-state index contributed by atoms with van der Waals surface area (Å²) in [4.78, 5) is 24.0. The Morgan fingerprint density at radius 2 is 1.89 bits per heavy atom. The van der Waals surface area contributed by atoms with Crippen LogP contribution in [0.25, 0.3) is 5.69 Å². The van der Waals surface area contributed by atoms with Crippen LogP contribution >= 0.6 is 12.4 Å². The Balaban J connectivity index is 0.00000280. The summed E-state index contributed by atoms with van der Waals surface area (Å²) in [7, 11) is 1.41. The third kappa shape index (κ3) is 4.81. The van der Waals surface area contributed by atoms with Crippen LogP contribution in [0.1, 0.15) is 50.1 Å². The number of aromatic nitrogens is 3. The van der Waals surface area contributed by atoms with Crippen LogP contribution in [0.2, 0.25) is 0 Å². The van der Waals surface area contributed by atoms with Crippen LogP contribution in [0.15, 0.2) is 35.4 Å². The molecule has 28 heavy (non-hydrogen) atoms. The summed E-state index contributed by atoms with van der Waals surface area (Å²) in [6, 6.07) is 7.01. The third-order valence-corrected chi connectivity index (χ3v) is 5.31. The fraction of sp³-hybridized carbons (Fsp3) is 0.474. The van der Waals surface area contributed by atoms with Gasteiger partial charge in [0, 0.05) is 18.0 Å². The monoisotopic (exact) mass is 407 g/mol. The van der Waals surface area contributed by atoms with E-state index >= 15 is 0 Å². The molecule has 152 valence electrons. The smallest absolute Gasteiger partial charge is 0.350 e. The zero-order chi connectivity index (χ0) is 19.4. The van der Waals surface area contributed by atoms with E-state index in [1.54, 1.807) is 35.2 Å². The van der Waals surface area contributed by atoms with Crippen molar-refractivity contribution >= 4 is 24.2 Å². The van der Waals surface area contributed by atoms with Gasteiger partial charge in [-0.2, -0.15) is 9.78 Å². The first-order valence-electron chi connectivity index (χ1n) is 9.17. The van der Waals surface area contributed by atoms with Crippen LogP contribution in [0.3, 0.4) is 0 Å². The number of methoxy groups -OCH3 is 1. The lowest BCUT2D eigenvalue weighted by Gasteiger charge is -2.28. The van der Waals surface area contributed by atoms with Crippen LogP contribution in [-0.2, 0) is 9.53 Å². The summed E-state index contributed by atoms with van der Waals surface area (Å²) in [5.41, 5.74) is 6.55. The van der Waals surface area contributed by atoms with Crippen molar-refractivity contribution in [2.45, 2.75) is 44.6 Å². The van der Waals surface area contributed by atoms with Gasteiger partial charge in [0.05, 0.1) is 12.8 Å². The quantitative estimate of drug-likeness (QED) is 0.433. The van der Waals surface area contributed by atoms with E-state index in [0.717, 1.165) is 32.1 Å². The van der Waals surface area contributed by atoms with Crippen LogP contribution in [0, 0.1) is 11.3 Å². The number of carbonyl (C=O) groups is 1. The lowest BCUT2D eigenvalue weighted by Crippen LogP contribution is -2.29. The minimum atomic E-state index is -0.163. The van der Waals surface area contributed by atoms with Crippen molar-refractivity contribution in [3.63, 3.8) is 0 Å². The minimum Gasteiger partial charge on any atom is -0.469 e. The first-order chi connectivity index (χ1) is 13.0. The average Bonchev–Trinajstić information content (AvgIpc) is 3.08. The van der Waals surface area contributed by atoms with Gasteiger partial charge in [-0.25, -0.2) is 4.79 Å². The number of ether oxygens (including phenoxy) is 1. The molecule has 0 unspecified atom stereocenters. The van der Waals surface area contributed by atoms with Crippen molar-refractivity contribution in [3.8, 4) is 5.69 Å². The van der Waals surface area contributed by atoms with Gasteiger partial charge in [-0.15, -0.1) is 12.4 Å². The Labute approximate surface area is 169 Å². The maximum Gasteiger partial charge on any atom is 0.350 e. The Morgan fingerprint density at radius 1 is 1.25 bits per heavy atom. The van der Waals surface area contributed by atoms with Crippen LogP contribution < -0.4 is 11.4 Å². The van der Waals surface area contributed by atoms with E-state index in [-0.39, 0.29) is 35.9 Å². The second-order valence-corrected chi connectivity index (χ2v) is 6.98. The second kappa shape index (κ2) is 9.54. The van der Waals surface area contributed by atoms with Gasteiger partial charge >= 0.3 is 11.7 Å². The van der Waals surface area contributed by atoms with E-state index in [1.807, 2.05) is 0 Å². The number of nitrogen functional groups attached to an aromatic ring is 1. The molecule has 3 rings (SSSR count). The summed E-state index contributed by atoms with van der Waals surface area (Å²) in [6.07, 6.45) is 6.69. The van der Waals surface area contributed by atoms with Gasteiger partial charge in [0.25, 0.3) is 0 Å². The van der Waals surface area contributed by atoms with Gasteiger partial charge in [-0.05, 0) is 62.3 Å². The third-order valence-electron chi connectivity index (χ3n) is 5.31. The van der Waals surface area contributed by atoms with E-state index in [0.29, 0.717) is 23.6 Å². The molecule has 1 aliphatic rings. The molecule has 0 atom stereocenters. The van der Waals surface area contributed by atoms with Crippen LogP contribution in [0.4, 0.5) is 0 Å². The number of esters is 1. The van der Waals surface area contributed by atoms with Crippen molar-refractivity contribution in [1.82, 2.24) is 14.3 Å². The first kappa shape index (κ1) is 21.7. The predicted octanol–water partition coefficient (Wildman–Crippen LogP) is 2.42. The molecule has 0 saturated heterocycles. The molecule has 0 aliphatic heterocycles. The zero-order valence-corrected chi connectivity index (χ0v) is 16.7. The molecule has 0 amide bonds. The molecule has 1 fully saturated rings. The minimum absolute atomic E-state index is 0. The second-order valence-electron chi connectivity index (χ2n) is 6.98. The Bertz CT molecular complexity index is 866. The Morgan fingerprint density at radius 3 is 2.46 bits per heavy atom. The van der Waals surface area contributed by atoms with Gasteiger partial charge in [0.2, 0.25) is 0 Å². The highest BCUT2D eigenvalue weighted by Gasteiger charge is 2.25. The molecular weight excluding hydrogens is 382 g/mol. The molecule has 0 bridgehead atoms. The number of nitrogens with two attached hydrogens (primary N) is 1. The predicted molar refractivity (Wildman–Crippen MR) is 108 cm³/mol. The number of benzene rings is 1. The lowest BCUT2D eigenvalue weighted by molar-refractivity contribution is -0.141. The SMILES string of the molecule is COC(=O)CCC1CCC(n2cnn(-c3ccc(C(=N)N)cc3)c2=O)CC1.Cl. The van der Waals surface area contributed by atoms with Gasteiger partial charge in [-0.3, -0.25) is 14.8 Å². The van der Waals surface area contributed by atoms with E-state index in [2.05, 4.69) is 5.10 Å². The van der Waals surface area contributed by atoms with Crippen LogP contribution in [-0.4, -0.2) is 33.3 Å². The molecule has 0 radical (unpaired) electrons. The Kier molecular flexibility index (Phi) is 7.39. The topological polar surface area (TPSA) is 116 Å². The number of nitrogens with zero attached hydrogens (tertiary/aromatic N) is 3. The molecule has 2 aromatic rings. The highest BCUT2D eigenvalue weighted by atomic mass is 35.5. The molecule has 8 nitrogen and oxygen atoms in total. The summed E-state index contributed by atoms with van der Waals surface area (Å²) < 4.78 is 7.77. The zero-order valence-electron chi connectivity index (χ0n) is 15.8. The largest absolute Gasteiger partial charge is 0.469 e. The highest BCUT2D eigenvalue weighted by Crippen LogP contribution is 2.33. The van der Waals surface area contributed by atoms with E-state index in [9.17, 15) is 9.59 Å². The fourth-order valence-corrected chi connectivity index (χ4v) is 3.66. The first-order valence-corrected chi connectivity index (χ1v) is 9.17. The van der Waals surface area contributed by atoms with Gasteiger partial charge < -0.3 is 10.5 Å². The van der Waals surface area contributed by atoms with Gasteiger partial charge in [0.15, 0.2) is 0 Å². The highest BCUT2D eigenvalue weighted by molar-refractivity contribution is 5.95. The number of amidine groups is 1.